The number of ether oxygens (including phenoxy) is 1. The van der Waals surface area contributed by atoms with Gasteiger partial charge in [-0.05, 0) is 51.1 Å². The fraction of sp³-hybridized carbons (Fsp3) is 1.00. The van der Waals surface area contributed by atoms with E-state index in [0.29, 0.717) is 12.2 Å². The molecule has 2 nitrogen and oxygen atoms in total. The molecule has 2 rings (SSSR count). The standard InChI is InChI=1S/C14H27NO/c1-3-12-6-4-5-7-14(12)16-13-8-11(9-13)10-15-2/h11-15H,3-10H2,1-2H3. The Morgan fingerprint density at radius 1 is 1.19 bits per heavy atom. The Kier molecular flexibility index (Phi) is 4.66. The highest BCUT2D eigenvalue weighted by molar-refractivity contribution is 4.84. The Morgan fingerprint density at radius 3 is 2.62 bits per heavy atom. The summed E-state index contributed by atoms with van der Waals surface area (Å²) in [5.41, 5.74) is 0. The summed E-state index contributed by atoms with van der Waals surface area (Å²) in [6.07, 6.45) is 10.5. The molecule has 2 aliphatic rings. The van der Waals surface area contributed by atoms with Crippen LogP contribution in [-0.4, -0.2) is 25.8 Å². The van der Waals surface area contributed by atoms with E-state index in [4.69, 9.17) is 4.74 Å². The van der Waals surface area contributed by atoms with Crippen LogP contribution in [0.2, 0.25) is 0 Å². The second-order valence-electron chi connectivity index (χ2n) is 5.64. The van der Waals surface area contributed by atoms with Crippen LogP contribution in [0.5, 0.6) is 0 Å². The maximum Gasteiger partial charge on any atom is 0.0606 e. The monoisotopic (exact) mass is 225 g/mol. The molecule has 0 aliphatic heterocycles. The summed E-state index contributed by atoms with van der Waals surface area (Å²) in [6, 6.07) is 0. The average Bonchev–Trinajstić information content (AvgIpc) is 2.27. The van der Waals surface area contributed by atoms with Crippen molar-refractivity contribution in [1.29, 1.82) is 0 Å². The molecule has 94 valence electrons. The predicted molar refractivity (Wildman–Crippen MR) is 67.6 cm³/mol. The third-order valence-electron chi connectivity index (χ3n) is 4.42. The van der Waals surface area contributed by atoms with Crippen LogP contribution in [0.4, 0.5) is 0 Å². The van der Waals surface area contributed by atoms with Crippen molar-refractivity contribution in [2.45, 2.75) is 64.1 Å². The molecule has 2 fully saturated rings. The first kappa shape index (κ1) is 12.4. The Labute approximate surface area is 100 Å². The van der Waals surface area contributed by atoms with E-state index in [1.54, 1.807) is 0 Å². The fourth-order valence-corrected chi connectivity index (χ4v) is 3.31. The molecule has 0 radical (unpaired) electrons. The molecule has 0 saturated heterocycles. The van der Waals surface area contributed by atoms with Crippen LogP contribution >= 0.6 is 0 Å². The second kappa shape index (κ2) is 6.02. The highest BCUT2D eigenvalue weighted by Gasteiger charge is 2.34. The van der Waals surface area contributed by atoms with Gasteiger partial charge in [0.1, 0.15) is 0 Å². The van der Waals surface area contributed by atoms with Crippen LogP contribution in [0.25, 0.3) is 0 Å². The third-order valence-corrected chi connectivity index (χ3v) is 4.42. The van der Waals surface area contributed by atoms with Gasteiger partial charge >= 0.3 is 0 Å². The van der Waals surface area contributed by atoms with Gasteiger partial charge in [0.2, 0.25) is 0 Å². The van der Waals surface area contributed by atoms with Gasteiger partial charge < -0.3 is 10.1 Å². The van der Waals surface area contributed by atoms with Crippen LogP contribution in [0, 0.1) is 11.8 Å². The molecule has 2 unspecified atom stereocenters. The molecule has 2 heteroatoms. The number of nitrogens with one attached hydrogen (secondary N) is 1. The zero-order chi connectivity index (χ0) is 11.4. The zero-order valence-electron chi connectivity index (χ0n) is 10.9. The van der Waals surface area contributed by atoms with Crippen LogP contribution in [-0.2, 0) is 4.74 Å². The minimum absolute atomic E-state index is 0.579. The van der Waals surface area contributed by atoms with Crippen LogP contribution in [0.15, 0.2) is 0 Å². The highest BCUT2D eigenvalue weighted by atomic mass is 16.5. The average molecular weight is 225 g/mol. The van der Waals surface area contributed by atoms with E-state index in [2.05, 4.69) is 12.2 Å². The van der Waals surface area contributed by atoms with Gasteiger partial charge in [0.25, 0.3) is 0 Å². The van der Waals surface area contributed by atoms with Gasteiger partial charge in [0, 0.05) is 0 Å². The summed E-state index contributed by atoms with van der Waals surface area (Å²) in [5, 5.41) is 3.26. The molecular weight excluding hydrogens is 198 g/mol. The lowest BCUT2D eigenvalue weighted by molar-refractivity contribution is -0.107. The molecule has 0 aromatic carbocycles. The lowest BCUT2D eigenvalue weighted by Gasteiger charge is -2.41. The predicted octanol–water partition coefficient (Wildman–Crippen LogP) is 2.97. The van der Waals surface area contributed by atoms with Crippen molar-refractivity contribution in [1.82, 2.24) is 5.32 Å². The van der Waals surface area contributed by atoms with E-state index in [1.165, 1.54) is 51.5 Å². The highest BCUT2D eigenvalue weighted by Crippen LogP contribution is 2.36. The van der Waals surface area contributed by atoms with E-state index in [0.717, 1.165) is 11.8 Å². The van der Waals surface area contributed by atoms with Gasteiger partial charge in [0.05, 0.1) is 12.2 Å². The first-order chi connectivity index (χ1) is 7.83. The lowest BCUT2D eigenvalue weighted by Crippen LogP contribution is -2.41. The minimum Gasteiger partial charge on any atom is -0.375 e. The Balaban J connectivity index is 1.69. The van der Waals surface area contributed by atoms with Gasteiger partial charge in [-0.2, -0.15) is 0 Å². The second-order valence-corrected chi connectivity index (χ2v) is 5.64. The smallest absolute Gasteiger partial charge is 0.0606 e. The van der Waals surface area contributed by atoms with E-state index in [-0.39, 0.29) is 0 Å². The van der Waals surface area contributed by atoms with E-state index in [1.807, 2.05) is 7.05 Å². The lowest BCUT2D eigenvalue weighted by atomic mass is 9.80. The molecule has 0 bridgehead atoms. The molecule has 0 heterocycles. The first-order valence-corrected chi connectivity index (χ1v) is 7.13. The quantitative estimate of drug-likeness (QED) is 0.776. The molecule has 0 spiro atoms. The number of hydrogen-bond donors (Lipinski definition) is 1. The SMILES string of the molecule is CCC1CCCCC1OC1CC(CNC)C1. The number of hydrogen-bond acceptors (Lipinski definition) is 2. The summed E-state index contributed by atoms with van der Waals surface area (Å²) < 4.78 is 6.28. The van der Waals surface area contributed by atoms with Gasteiger partial charge in [-0.1, -0.05) is 26.2 Å². The first-order valence-electron chi connectivity index (χ1n) is 7.13. The minimum atomic E-state index is 0.579. The topological polar surface area (TPSA) is 21.3 Å². The molecule has 0 aromatic heterocycles. The fourth-order valence-electron chi connectivity index (χ4n) is 3.31. The normalized spacial score (nSPS) is 39.4. The third kappa shape index (κ3) is 2.98. The largest absolute Gasteiger partial charge is 0.375 e. The van der Waals surface area contributed by atoms with Crippen LogP contribution in [0.1, 0.15) is 51.9 Å². The molecule has 2 aliphatic carbocycles. The van der Waals surface area contributed by atoms with Gasteiger partial charge in [-0.15, -0.1) is 0 Å². The molecule has 16 heavy (non-hydrogen) atoms. The van der Waals surface area contributed by atoms with Gasteiger partial charge in [-0.25, -0.2) is 0 Å². The van der Waals surface area contributed by atoms with E-state index < -0.39 is 0 Å². The molecule has 2 atom stereocenters. The molecule has 2 saturated carbocycles. The zero-order valence-corrected chi connectivity index (χ0v) is 10.9. The maximum atomic E-state index is 6.28. The molecular formula is C14H27NO. The summed E-state index contributed by atoms with van der Waals surface area (Å²) in [7, 11) is 2.04. The van der Waals surface area contributed by atoms with Gasteiger partial charge in [0.15, 0.2) is 0 Å². The summed E-state index contributed by atoms with van der Waals surface area (Å²) in [4.78, 5) is 0. The molecule has 0 amide bonds. The van der Waals surface area contributed by atoms with E-state index >= 15 is 0 Å². The Hall–Kier alpha value is -0.0800. The summed E-state index contributed by atoms with van der Waals surface area (Å²) >= 11 is 0. The molecule has 1 N–H and O–H groups in total. The van der Waals surface area contributed by atoms with Crippen molar-refractivity contribution in [2.75, 3.05) is 13.6 Å². The summed E-state index contributed by atoms with van der Waals surface area (Å²) in [6.45, 7) is 3.48. The van der Waals surface area contributed by atoms with Crippen molar-refractivity contribution in [3.05, 3.63) is 0 Å². The van der Waals surface area contributed by atoms with Crippen molar-refractivity contribution < 1.29 is 4.74 Å². The van der Waals surface area contributed by atoms with Crippen LogP contribution in [0.3, 0.4) is 0 Å². The summed E-state index contributed by atoms with van der Waals surface area (Å²) in [5.74, 6) is 1.72. The Morgan fingerprint density at radius 2 is 1.94 bits per heavy atom. The van der Waals surface area contributed by atoms with Crippen molar-refractivity contribution >= 4 is 0 Å². The van der Waals surface area contributed by atoms with Crippen molar-refractivity contribution in [3.8, 4) is 0 Å². The Bertz CT molecular complexity index is 201. The van der Waals surface area contributed by atoms with Gasteiger partial charge in [-0.3, -0.25) is 0 Å². The number of rotatable bonds is 5. The maximum absolute atomic E-state index is 6.28. The van der Waals surface area contributed by atoms with Crippen molar-refractivity contribution in [3.63, 3.8) is 0 Å². The molecule has 0 aromatic rings. The van der Waals surface area contributed by atoms with Crippen LogP contribution < -0.4 is 5.32 Å². The van der Waals surface area contributed by atoms with E-state index in [9.17, 15) is 0 Å². The van der Waals surface area contributed by atoms with Crippen molar-refractivity contribution in [2.24, 2.45) is 11.8 Å².